The van der Waals surface area contributed by atoms with E-state index in [1.54, 1.807) is 0 Å². The van der Waals surface area contributed by atoms with Gasteiger partial charge in [0, 0.05) is 0 Å². The molecule has 0 spiro atoms. The van der Waals surface area contributed by atoms with Crippen LogP contribution in [0.15, 0.2) is 0 Å². The van der Waals surface area contributed by atoms with Crippen LogP contribution in [0.1, 0.15) is 40.0 Å². The molecule has 1 heterocycles. The highest BCUT2D eigenvalue weighted by Crippen LogP contribution is 2.31. The topological polar surface area (TPSA) is 60.2 Å². The molecule has 3 unspecified atom stereocenters. The van der Waals surface area contributed by atoms with Crippen molar-refractivity contribution in [2.45, 2.75) is 40.0 Å². The molecule has 0 aromatic carbocycles. The van der Waals surface area contributed by atoms with Crippen LogP contribution < -0.4 is 5.73 Å². The Hall–Kier alpha value is -0.0900. The van der Waals surface area contributed by atoms with Crippen LogP contribution in [0.25, 0.3) is 0 Å². The molecule has 1 aliphatic rings. The van der Waals surface area contributed by atoms with Gasteiger partial charge in [-0.25, -0.2) is 8.42 Å². The first-order valence-electron chi connectivity index (χ1n) is 6.74. The lowest BCUT2D eigenvalue weighted by molar-refractivity contribution is 0.279. The molecule has 3 atom stereocenters. The van der Waals surface area contributed by atoms with Gasteiger partial charge in [-0.15, -0.1) is 0 Å². The van der Waals surface area contributed by atoms with Crippen LogP contribution >= 0.6 is 0 Å². The molecule has 0 aromatic rings. The summed E-state index contributed by atoms with van der Waals surface area (Å²) in [5.41, 5.74) is 5.83. The van der Waals surface area contributed by atoms with Crippen LogP contribution in [0, 0.1) is 23.7 Å². The predicted octanol–water partition coefficient (Wildman–Crippen LogP) is 2.07. The van der Waals surface area contributed by atoms with Gasteiger partial charge in [0.25, 0.3) is 0 Å². The minimum atomic E-state index is -2.76. The van der Waals surface area contributed by atoms with Gasteiger partial charge in [-0.05, 0) is 49.5 Å². The van der Waals surface area contributed by atoms with Crippen molar-refractivity contribution in [2.75, 3.05) is 18.1 Å². The van der Waals surface area contributed by atoms with Crippen LogP contribution in [-0.2, 0) is 9.84 Å². The predicted molar refractivity (Wildman–Crippen MR) is 72.5 cm³/mol. The van der Waals surface area contributed by atoms with Crippen LogP contribution in [0.4, 0.5) is 0 Å². The molecule has 1 saturated heterocycles. The molecule has 0 aliphatic carbocycles. The van der Waals surface area contributed by atoms with E-state index in [1.807, 2.05) is 0 Å². The van der Waals surface area contributed by atoms with E-state index in [0.717, 1.165) is 12.8 Å². The molecule has 1 rings (SSSR count). The van der Waals surface area contributed by atoms with Crippen molar-refractivity contribution in [3.8, 4) is 0 Å². The summed E-state index contributed by atoms with van der Waals surface area (Å²) in [6.45, 7) is 7.34. The van der Waals surface area contributed by atoms with Gasteiger partial charge in [0.05, 0.1) is 11.5 Å². The van der Waals surface area contributed by atoms with Gasteiger partial charge in [0.1, 0.15) is 0 Å². The zero-order chi connectivity index (χ0) is 13.1. The molecule has 2 N–H and O–H groups in total. The standard InChI is InChI=1S/C13H27NO2S/c1-10(2)6-11(3)7-13(8-14)12-4-5-17(15,16)9-12/h10-13H,4-9,14H2,1-3H3. The van der Waals surface area contributed by atoms with Crippen LogP contribution in [0.5, 0.6) is 0 Å². The number of sulfone groups is 1. The summed E-state index contributed by atoms with van der Waals surface area (Å²) < 4.78 is 23.0. The Kier molecular flexibility index (Phi) is 5.45. The van der Waals surface area contributed by atoms with Gasteiger partial charge >= 0.3 is 0 Å². The first-order valence-corrected chi connectivity index (χ1v) is 8.56. The minimum absolute atomic E-state index is 0.305. The fourth-order valence-corrected chi connectivity index (χ4v) is 5.01. The molecular formula is C13H27NO2S. The van der Waals surface area contributed by atoms with E-state index in [1.165, 1.54) is 6.42 Å². The average Bonchev–Trinajstić information content (AvgIpc) is 2.54. The normalized spacial score (nSPS) is 27.2. The van der Waals surface area contributed by atoms with Gasteiger partial charge in [-0.3, -0.25) is 0 Å². The van der Waals surface area contributed by atoms with Gasteiger partial charge < -0.3 is 5.73 Å². The number of nitrogens with two attached hydrogens (primary N) is 1. The fraction of sp³-hybridized carbons (Fsp3) is 1.00. The number of hydrogen-bond donors (Lipinski definition) is 1. The summed E-state index contributed by atoms with van der Waals surface area (Å²) >= 11 is 0. The Balaban J connectivity index is 2.49. The van der Waals surface area contributed by atoms with E-state index in [2.05, 4.69) is 20.8 Å². The summed E-state index contributed by atoms with van der Waals surface area (Å²) in [5.74, 6) is 2.78. The maximum atomic E-state index is 11.5. The van der Waals surface area contributed by atoms with E-state index >= 15 is 0 Å². The van der Waals surface area contributed by atoms with Crippen LogP contribution in [0.2, 0.25) is 0 Å². The van der Waals surface area contributed by atoms with Crippen molar-refractivity contribution in [3.05, 3.63) is 0 Å². The molecule has 17 heavy (non-hydrogen) atoms. The molecule has 1 fully saturated rings. The third-order valence-corrected chi connectivity index (χ3v) is 5.61. The van der Waals surface area contributed by atoms with Crippen molar-refractivity contribution in [2.24, 2.45) is 29.4 Å². The molecule has 0 radical (unpaired) electrons. The summed E-state index contributed by atoms with van der Waals surface area (Å²) in [6, 6.07) is 0. The van der Waals surface area contributed by atoms with Crippen molar-refractivity contribution in [3.63, 3.8) is 0 Å². The molecular weight excluding hydrogens is 234 g/mol. The van der Waals surface area contributed by atoms with E-state index in [4.69, 9.17) is 5.73 Å². The average molecular weight is 261 g/mol. The first kappa shape index (κ1) is 15.0. The monoisotopic (exact) mass is 261 g/mol. The number of hydrogen-bond acceptors (Lipinski definition) is 3. The highest BCUT2D eigenvalue weighted by atomic mass is 32.2. The van der Waals surface area contributed by atoms with Crippen molar-refractivity contribution >= 4 is 9.84 Å². The lowest BCUT2D eigenvalue weighted by atomic mass is 9.82. The summed E-state index contributed by atoms with van der Waals surface area (Å²) in [6.07, 6.45) is 3.10. The lowest BCUT2D eigenvalue weighted by Crippen LogP contribution is -2.26. The van der Waals surface area contributed by atoms with E-state index in [9.17, 15) is 8.42 Å². The molecule has 102 valence electrons. The smallest absolute Gasteiger partial charge is 0.150 e. The second-order valence-electron chi connectivity index (χ2n) is 6.13. The SMILES string of the molecule is CC(C)CC(C)CC(CN)C1CCS(=O)(=O)C1. The Morgan fingerprint density at radius 1 is 1.24 bits per heavy atom. The van der Waals surface area contributed by atoms with Gasteiger partial charge in [-0.1, -0.05) is 20.8 Å². The van der Waals surface area contributed by atoms with Crippen molar-refractivity contribution in [1.29, 1.82) is 0 Å². The van der Waals surface area contributed by atoms with Crippen molar-refractivity contribution in [1.82, 2.24) is 0 Å². The maximum Gasteiger partial charge on any atom is 0.150 e. The van der Waals surface area contributed by atoms with E-state index in [-0.39, 0.29) is 0 Å². The molecule has 3 nitrogen and oxygen atoms in total. The second kappa shape index (κ2) is 6.19. The van der Waals surface area contributed by atoms with Crippen LogP contribution in [-0.4, -0.2) is 26.5 Å². The van der Waals surface area contributed by atoms with Crippen LogP contribution in [0.3, 0.4) is 0 Å². The Labute approximate surface area is 106 Å². The maximum absolute atomic E-state index is 11.5. The van der Waals surface area contributed by atoms with E-state index in [0.29, 0.717) is 41.7 Å². The molecule has 0 amide bonds. The fourth-order valence-electron chi connectivity index (χ4n) is 3.09. The molecule has 0 bridgehead atoms. The lowest BCUT2D eigenvalue weighted by Gasteiger charge is -2.25. The zero-order valence-electron chi connectivity index (χ0n) is 11.4. The van der Waals surface area contributed by atoms with Gasteiger partial charge in [0.2, 0.25) is 0 Å². The third kappa shape index (κ3) is 4.96. The zero-order valence-corrected chi connectivity index (χ0v) is 12.2. The first-order chi connectivity index (χ1) is 7.84. The molecule has 0 aromatic heterocycles. The summed E-state index contributed by atoms with van der Waals surface area (Å²) in [7, 11) is -2.76. The Morgan fingerprint density at radius 2 is 1.88 bits per heavy atom. The van der Waals surface area contributed by atoms with Gasteiger partial charge in [0.15, 0.2) is 9.84 Å². The second-order valence-corrected chi connectivity index (χ2v) is 8.36. The number of rotatable bonds is 6. The summed E-state index contributed by atoms with van der Waals surface area (Å²) in [5, 5.41) is 0. The largest absolute Gasteiger partial charge is 0.330 e. The Bertz CT molecular complexity index is 324. The van der Waals surface area contributed by atoms with Crippen molar-refractivity contribution < 1.29 is 8.42 Å². The molecule has 1 aliphatic heterocycles. The van der Waals surface area contributed by atoms with Gasteiger partial charge in [-0.2, -0.15) is 0 Å². The van der Waals surface area contributed by atoms with E-state index < -0.39 is 9.84 Å². The highest BCUT2D eigenvalue weighted by molar-refractivity contribution is 7.91. The highest BCUT2D eigenvalue weighted by Gasteiger charge is 2.33. The quantitative estimate of drug-likeness (QED) is 0.796. The molecule has 4 heteroatoms. The third-order valence-electron chi connectivity index (χ3n) is 3.82. The molecule has 0 saturated carbocycles. The Morgan fingerprint density at radius 3 is 2.29 bits per heavy atom. The summed E-state index contributed by atoms with van der Waals surface area (Å²) in [4.78, 5) is 0. The minimum Gasteiger partial charge on any atom is -0.330 e.